The van der Waals surface area contributed by atoms with Crippen LogP contribution in [0.15, 0.2) is 33.1 Å². The van der Waals surface area contributed by atoms with E-state index in [0.717, 1.165) is 31.9 Å². The number of rotatable bonds is 9. The predicted octanol–water partition coefficient (Wildman–Crippen LogP) is 0.890. The summed E-state index contributed by atoms with van der Waals surface area (Å²) in [6.07, 6.45) is 8.11. The van der Waals surface area contributed by atoms with Crippen molar-refractivity contribution in [3.05, 3.63) is 45.3 Å². The maximum Gasteiger partial charge on any atom is 0.328 e. The van der Waals surface area contributed by atoms with Crippen LogP contribution in [-0.4, -0.2) is 27.5 Å². The van der Waals surface area contributed by atoms with Crippen LogP contribution in [-0.2, 0) is 23.6 Å². The van der Waals surface area contributed by atoms with Gasteiger partial charge in [-0.15, -0.1) is 0 Å². The van der Waals surface area contributed by atoms with E-state index in [2.05, 4.69) is 21.6 Å². The van der Waals surface area contributed by atoms with Crippen molar-refractivity contribution in [1.82, 2.24) is 23.8 Å². The largest absolute Gasteiger partial charge is 0.337 e. The normalized spacial score (nSPS) is 13.0. The molecule has 0 radical (unpaired) electrons. The zero-order valence-electron chi connectivity index (χ0n) is 15.2. The number of H-pyrrole nitrogens is 1. The van der Waals surface area contributed by atoms with Gasteiger partial charge in [0.05, 0.1) is 6.04 Å². The van der Waals surface area contributed by atoms with Crippen molar-refractivity contribution < 1.29 is 8.42 Å². The number of unbranched alkanes of at least 4 members (excludes halogenated alkanes) is 3. The molecular formula is C16H25N5O4S. The van der Waals surface area contributed by atoms with E-state index in [0.29, 0.717) is 12.4 Å². The minimum absolute atomic E-state index is 0.354. The molecule has 2 N–H and O–H groups in total. The standard InChI is InChI=1S/C16H25N5O4S/c1-4-5-6-7-9-21-11-13(15(22)18-16(21)23)26(24,25)19-12(2)14-17-8-10-20(14)3/h8,10-12,19H,4-7,9H2,1-3H3,(H,18,22,23). The Balaban J connectivity index is 2.26. The first-order valence-corrected chi connectivity index (χ1v) is 10.1. The molecule has 0 amide bonds. The fourth-order valence-corrected chi connectivity index (χ4v) is 3.96. The van der Waals surface area contributed by atoms with Gasteiger partial charge < -0.3 is 4.57 Å². The first-order valence-electron chi connectivity index (χ1n) is 8.59. The Labute approximate surface area is 152 Å². The average molecular weight is 383 g/mol. The number of aryl methyl sites for hydroxylation is 2. The number of sulfonamides is 1. The van der Waals surface area contributed by atoms with E-state index in [9.17, 15) is 18.0 Å². The second-order valence-electron chi connectivity index (χ2n) is 6.25. The lowest BCUT2D eigenvalue weighted by atomic mass is 10.2. The van der Waals surface area contributed by atoms with Gasteiger partial charge in [0.15, 0.2) is 4.90 Å². The maximum absolute atomic E-state index is 12.6. The minimum atomic E-state index is -4.11. The molecule has 0 aliphatic heterocycles. The topological polar surface area (TPSA) is 119 Å². The summed E-state index contributed by atoms with van der Waals surface area (Å²) in [5, 5.41) is 0. The smallest absolute Gasteiger partial charge is 0.328 e. The highest BCUT2D eigenvalue weighted by Gasteiger charge is 2.24. The number of nitrogens with zero attached hydrogens (tertiary/aromatic N) is 3. The second-order valence-corrected chi connectivity index (χ2v) is 7.93. The van der Waals surface area contributed by atoms with Gasteiger partial charge in [-0.1, -0.05) is 26.2 Å². The summed E-state index contributed by atoms with van der Waals surface area (Å²) >= 11 is 0. The van der Waals surface area contributed by atoms with Gasteiger partial charge in [-0.25, -0.2) is 22.9 Å². The molecule has 0 aromatic carbocycles. The Kier molecular flexibility index (Phi) is 6.54. The third kappa shape index (κ3) is 4.70. The van der Waals surface area contributed by atoms with E-state index < -0.39 is 32.2 Å². The molecule has 1 unspecified atom stereocenters. The summed E-state index contributed by atoms with van der Waals surface area (Å²) in [5.41, 5.74) is -1.54. The third-order valence-corrected chi connectivity index (χ3v) is 5.63. The van der Waals surface area contributed by atoms with E-state index >= 15 is 0 Å². The van der Waals surface area contributed by atoms with Gasteiger partial charge >= 0.3 is 5.69 Å². The van der Waals surface area contributed by atoms with Gasteiger partial charge in [0, 0.05) is 32.2 Å². The van der Waals surface area contributed by atoms with Crippen molar-refractivity contribution in [2.45, 2.75) is 57.0 Å². The number of aromatic nitrogens is 4. The van der Waals surface area contributed by atoms with Crippen LogP contribution in [0.3, 0.4) is 0 Å². The fourth-order valence-electron chi connectivity index (χ4n) is 2.70. The van der Waals surface area contributed by atoms with Crippen LogP contribution in [0.4, 0.5) is 0 Å². The Morgan fingerprint density at radius 3 is 2.62 bits per heavy atom. The molecule has 2 heterocycles. The summed E-state index contributed by atoms with van der Waals surface area (Å²) < 4.78 is 30.6. The molecule has 10 heteroatoms. The molecule has 0 spiro atoms. The SMILES string of the molecule is CCCCCCn1cc(S(=O)(=O)NC(C)c2nccn2C)c(=O)[nH]c1=O. The van der Waals surface area contributed by atoms with Crippen molar-refractivity contribution in [3.63, 3.8) is 0 Å². The number of hydrogen-bond donors (Lipinski definition) is 2. The van der Waals surface area contributed by atoms with Crippen molar-refractivity contribution in [2.24, 2.45) is 7.05 Å². The van der Waals surface area contributed by atoms with Crippen molar-refractivity contribution in [3.8, 4) is 0 Å². The summed E-state index contributed by atoms with van der Waals surface area (Å²) in [6.45, 7) is 4.06. The lowest BCUT2D eigenvalue weighted by Crippen LogP contribution is -2.37. The summed E-state index contributed by atoms with van der Waals surface area (Å²) in [5.74, 6) is 0.512. The highest BCUT2D eigenvalue weighted by molar-refractivity contribution is 7.89. The molecule has 2 rings (SSSR count). The first-order chi connectivity index (χ1) is 12.3. The van der Waals surface area contributed by atoms with Gasteiger partial charge in [-0.05, 0) is 13.3 Å². The third-order valence-electron chi connectivity index (χ3n) is 4.10. The van der Waals surface area contributed by atoms with E-state index in [1.807, 2.05) is 0 Å². The van der Waals surface area contributed by atoms with E-state index in [1.165, 1.54) is 4.57 Å². The van der Waals surface area contributed by atoms with Crippen LogP contribution in [0, 0.1) is 0 Å². The lowest BCUT2D eigenvalue weighted by molar-refractivity contribution is 0.537. The monoisotopic (exact) mass is 383 g/mol. The van der Waals surface area contributed by atoms with Crippen LogP contribution < -0.4 is 16.0 Å². The van der Waals surface area contributed by atoms with E-state index in [1.54, 1.807) is 30.9 Å². The summed E-state index contributed by atoms with van der Waals surface area (Å²) in [7, 11) is -2.37. The van der Waals surface area contributed by atoms with Crippen molar-refractivity contribution >= 4 is 10.0 Å². The molecular weight excluding hydrogens is 358 g/mol. The molecule has 0 bridgehead atoms. The van der Waals surface area contributed by atoms with Crippen LogP contribution in [0.1, 0.15) is 51.4 Å². The second kappa shape index (κ2) is 8.45. The van der Waals surface area contributed by atoms with Crippen molar-refractivity contribution in [1.29, 1.82) is 0 Å². The lowest BCUT2D eigenvalue weighted by Gasteiger charge is -2.14. The molecule has 0 fully saturated rings. The molecule has 2 aromatic heterocycles. The van der Waals surface area contributed by atoms with Gasteiger partial charge in [0.1, 0.15) is 5.82 Å². The molecule has 1 atom stereocenters. The Morgan fingerprint density at radius 1 is 1.27 bits per heavy atom. The van der Waals surface area contributed by atoms with Crippen LogP contribution >= 0.6 is 0 Å². The number of nitrogens with one attached hydrogen (secondary N) is 2. The molecule has 0 saturated heterocycles. The minimum Gasteiger partial charge on any atom is -0.337 e. The van der Waals surface area contributed by atoms with Gasteiger partial charge in [-0.3, -0.25) is 14.3 Å². The number of hydrogen-bond acceptors (Lipinski definition) is 5. The predicted molar refractivity (Wildman–Crippen MR) is 97.4 cm³/mol. The molecule has 0 aliphatic carbocycles. The quantitative estimate of drug-likeness (QED) is 0.623. The highest BCUT2D eigenvalue weighted by Crippen LogP contribution is 2.12. The van der Waals surface area contributed by atoms with Crippen LogP contribution in [0.5, 0.6) is 0 Å². The molecule has 0 saturated carbocycles. The Morgan fingerprint density at radius 2 is 2.00 bits per heavy atom. The Bertz CT molecular complexity index is 958. The molecule has 9 nitrogen and oxygen atoms in total. The zero-order valence-corrected chi connectivity index (χ0v) is 16.0. The van der Waals surface area contributed by atoms with Gasteiger partial charge in [0.25, 0.3) is 5.56 Å². The first kappa shape index (κ1) is 20.1. The van der Waals surface area contributed by atoms with Gasteiger partial charge in [0.2, 0.25) is 10.0 Å². The zero-order chi connectivity index (χ0) is 19.3. The van der Waals surface area contributed by atoms with E-state index in [4.69, 9.17) is 0 Å². The van der Waals surface area contributed by atoms with Crippen molar-refractivity contribution in [2.75, 3.05) is 0 Å². The Hall–Kier alpha value is -2.20. The summed E-state index contributed by atoms with van der Waals surface area (Å²) in [6, 6.07) is -0.635. The summed E-state index contributed by atoms with van der Waals surface area (Å²) in [4.78, 5) is 29.7. The molecule has 26 heavy (non-hydrogen) atoms. The fraction of sp³-hybridized carbons (Fsp3) is 0.562. The number of aromatic amines is 1. The van der Waals surface area contributed by atoms with Crippen LogP contribution in [0.2, 0.25) is 0 Å². The van der Waals surface area contributed by atoms with E-state index in [-0.39, 0.29) is 0 Å². The molecule has 2 aromatic rings. The van der Waals surface area contributed by atoms with Crippen LogP contribution in [0.25, 0.3) is 0 Å². The number of imidazole rings is 1. The van der Waals surface area contributed by atoms with Gasteiger partial charge in [-0.2, -0.15) is 0 Å². The molecule has 144 valence electrons. The average Bonchev–Trinajstić information content (AvgIpc) is 2.98. The highest BCUT2D eigenvalue weighted by atomic mass is 32.2. The molecule has 0 aliphatic rings. The maximum atomic E-state index is 12.6.